The van der Waals surface area contributed by atoms with Crippen LogP contribution in [0.3, 0.4) is 0 Å². The van der Waals surface area contributed by atoms with E-state index in [1.807, 2.05) is 53.6 Å². The highest BCUT2D eigenvalue weighted by Gasteiger charge is 2.10. The van der Waals surface area contributed by atoms with Crippen molar-refractivity contribution in [3.05, 3.63) is 72.4 Å². The fourth-order valence-corrected chi connectivity index (χ4v) is 2.66. The number of pyridine rings is 1. The third-order valence-corrected chi connectivity index (χ3v) is 3.84. The van der Waals surface area contributed by atoms with Gasteiger partial charge in [0.05, 0.1) is 17.4 Å². The molecule has 0 radical (unpaired) electrons. The predicted octanol–water partition coefficient (Wildman–Crippen LogP) is 3.53. The average molecular weight is 307 g/mol. The van der Waals surface area contributed by atoms with Gasteiger partial charge in [0.2, 0.25) is 0 Å². The van der Waals surface area contributed by atoms with Crippen LogP contribution in [0.5, 0.6) is 0 Å². The molecule has 0 spiro atoms. The van der Waals surface area contributed by atoms with E-state index in [0.717, 1.165) is 29.6 Å². The summed E-state index contributed by atoms with van der Waals surface area (Å²) in [6, 6.07) is 20.4. The summed E-state index contributed by atoms with van der Waals surface area (Å²) >= 11 is 5.21. The Morgan fingerprint density at radius 1 is 1.05 bits per heavy atom. The Balaban J connectivity index is 1.84. The fraction of sp³-hybridized carbons (Fsp3) is 0.111. The van der Waals surface area contributed by atoms with Crippen molar-refractivity contribution in [3.63, 3.8) is 0 Å². The van der Waals surface area contributed by atoms with E-state index in [1.165, 1.54) is 5.56 Å². The molecule has 4 heteroatoms. The average Bonchev–Trinajstić information content (AvgIpc) is 2.55. The van der Waals surface area contributed by atoms with Crippen LogP contribution in [0, 0.1) is 0 Å². The molecule has 0 saturated heterocycles. The minimum atomic E-state index is 0.369. The molecular weight excluding hydrogens is 290 g/mol. The molecule has 0 atom stereocenters. The number of fused-ring (bicyclic) bond motifs is 1. The van der Waals surface area contributed by atoms with Gasteiger partial charge in [-0.1, -0.05) is 48.5 Å². The predicted molar refractivity (Wildman–Crippen MR) is 96.0 cm³/mol. The molecule has 1 aromatic heterocycles. The van der Waals surface area contributed by atoms with Gasteiger partial charge < -0.3 is 10.6 Å². The third kappa shape index (κ3) is 3.23. The summed E-state index contributed by atoms with van der Waals surface area (Å²) in [5, 5.41) is 1.45. The molecule has 110 valence electrons. The summed E-state index contributed by atoms with van der Waals surface area (Å²) in [5.74, 6) is 0. The Morgan fingerprint density at radius 3 is 2.55 bits per heavy atom. The molecule has 0 unspecified atom stereocenters. The van der Waals surface area contributed by atoms with E-state index in [1.54, 1.807) is 0 Å². The van der Waals surface area contributed by atoms with Gasteiger partial charge in [-0.2, -0.15) is 0 Å². The van der Waals surface area contributed by atoms with Crippen molar-refractivity contribution < 1.29 is 0 Å². The van der Waals surface area contributed by atoms with Crippen molar-refractivity contribution in [2.24, 2.45) is 5.73 Å². The van der Waals surface area contributed by atoms with Crippen LogP contribution in [0.4, 0.5) is 5.69 Å². The van der Waals surface area contributed by atoms with Crippen LogP contribution in [0.15, 0.2) is 66.9 Å². The van der Waals surface area contributed by atoms with Gasteiger partial charge in [-0.05, 0) is 36.3 Å². The molecule has 3 aromatic rings. The molecule has 3 rings (SSSR count). The Kier molecular flexibility index (Phi) is 4.30. The smallest absolute Gasteiger partial charge is 0.170 e. The van der Waals surface area contributed by atoms with Crippen molar-refractivity contribution in [2.45, 2.75) is 6.42 Å². The summed E-state index contributed by atoms with van der Waals surface area (Å²) in [6.45, 7) is 0.735. The molecule has 1 heterocycles. The van der Waals surface area contributed by atoms with Crippen molar-refractivity contribution in [3.8, 4) is 0 Å². The summed E-state index contributed by atoms with van der Waals surface area (Å²) in [6.07, 6.45) is 2.71. The lowest BCUT2D eigenvalue weighted by molar-refractivity contribution is 0.934. The summed E-state index contributed by atoms with van der Waals surface area (Å²) < 4.78 is 0. The zero-order chi connectivity index (χ0) is 15.4. The Labute approximate surface area is 135 Å². The van der Waals surface area contributed by atoms with E-state index in [0.29, 0.717) is 5.11 Å². The second-order valence-electron chi connectivity index (χ2n) is 5.11. The Morgan fingerprint density at radius 2 is 1.77 bits per heavy atom. The molecule has 2 N–H and O–H groups in total. The first-order chi connectivity index (χ1) is 10.7. The molecule has 0 bridgehead atoms. The number of nitrogens with zero attached hydrogens (tertiary/aromatic N) is 2. The van der Waals surface area contributed by atoms with Gasteiger partial charge in [0.15, 0.2) is 5.11 Å². The van der Waals surface area contributed by atoms with Crippen LogP contribution in [0.1, 0.15) is 5.56 Å². The van der Waals surface area contributed by atoms with E-state index >= 15 is 0 Å². The lowest BCUT2D eigenvalue weighted by Crippen LogP contribution is -2.37. The highest BCUT2D eigenvalue weighted by molar-refractivity contribution is 7.80. The molecule has 0 aliphatic carbocycles. The number of anilines is 1. The van der Waals surface area contributed by atoms with Gasteiger partial charge in [0, 0.05) is 11.9 Å². The molecule has 2 aromatic carbocycles. The summed E-state index contributed by atoms with van der Waals surface area (Å²) in [5.41, 5.74) is 9.07. The van der Waals surface area contributed by atoms with Gasteiger partial charge in [0.1, 0.15) is 0 Å². The Hall–Kier alpha value is -2.46. The van der Waals surface area contributed by atoms with Gasteiger partial charge in [-0.15, -0.1) is 0 Å². The monoisotopic (exact) mass is 307 g/mol. The van der Waals surface area contributed by atoms with Crippen molar-refractivity contribution >= 4 is 33.9 Å². The zero-order valence-corrected chi connectivity index (χ0v) is 13.0. The maximum atomic E-state index is 5.91. The van der Waals surface area contributed by atoms with Crippen molar-refractivity contribution in [1.82, 2.24) is 4.98 Å². The maximum Gasteiger partial charge on any atom is 0.170 e. The third-order valence-electron chi connectivity index (χ3n) is 3.62. The topological polar surface area (TPSA) is 42.1 Å². The fourth-order valence-electron chi connectivity index (χ4n) is 2.46. The number of hydrogen-bond donors (Lipinski definition) is 1. The quantitative estimate of drug-likeness (QED) is 0.749. The van der Waals surface area contributed by atoms with Crippen LogP contribution in [0.2, 0.25) is 0 Å². The van der Waals surface area contributed by atoms with E-state index in [4.69, 9.17) is 18.0 Å². The SMILES string of the molecule is NC(=S)N(CCc1ccccc1)c1cnc2ccccc2c1. The molecule has 0 aliphatic heterocycles. The van der Waals surface area contributed by atoms with Crippen LogP contribution < -0.4 is 10.6 Å². The molecule has 0 fully saturated rings. The van der Waals surface area contributed by atoms with Crippen LogP contribution >= 0.6 is 12.2 Å². The van der Waals surface area contributed by atoms with Crippen LogP contribution in [-0.4, -0.2) is 16.6 Å². The molecule has 0 aliphatic rings. The molecule has 0 amide bonds. The minimum absolute atomic E-state index is 0.369. The van der Waals surface area contributed by atoms with Crippen LogP contribution in [-0.2, 0) is 6.42 Å². The first kappa shape index (κ1) is 14.5. The number of hydrogen-bond acceptors (Lipinski definition) is 2. The highest BCUT2D eigenvalue weighted by atomic mass is 32.1. The van der Waals surface area contributed by atoms with Gasteiger partial charge in [-0.25, -0.2) is 0 Å². The van der Waals surface area contributed by atoms with Crippen molar-refractivity contribution in [2.75, 3.05) is 11.4 Å². The van der Waals surface area contributed by atoms with Gasteiger partial charge in [-0.3, -0.25) is 4.98 Å². The minimum Gasteiger partial charge on any atom is -0.376 e. The molecule has 22 heavy (non-hydrogen) atoms. The number of benzene rings is 2. The summed E-state index contributed by atoms with van der Waals surface area (Å²) in [7, 11) is 0. The number of nitrogens with two attached hydrogens (primary N) is 1. The van der Waals surface area contributed by atoms with Gasteiger partial charge >= 0.3 is 0 Å². The number of rotatable bonds is 4. The Bertz CT molecular complexity index is 786. The van der Waals surface area contributed by atoms with E-state index in [-0.39, 0.29) is 0 Å². The molecular formula is C18H17N3S. The standard InChI is InChI=1S/C18H17N3S/c19-18(22)21(11-10-14-6-2-1-3-7-14)16-12-15-8-4-5-9-17(15)20-13-16/h1-9,12-13H,10-11H2,(H2,19,22). The lowest BCUT2D eigenvalue weighted by atomic mass is 10.1. The number of thiocarbonyl (C=S) groups is 1. The van der Waals surface area contributed by atoms with Crippen LogP contribution in [0.25, 0.3) is 10.9 Å². The maximum absolute atomic E-state index is 5.91. The van der Waals surface area contributed by atoms with Gasteiger partial charge in [0.25, 0.3) is 0 Å². The van der Waals surface area contributed by atoms with E-state index in [9.17, 15) is 0 Å². The number of aromatic nitrogens is 1. The first-order valence-corrected chi connectivity index (χ1v) is 7.60. The normalized spacial score (nSPS) is 10.5. The van der Waals surface area contributed by atoms with E-state index < -0.39 is 0 Å². The summed E-state index contributed by atoms with van der Waals surface area (Å²) in [4.78, 5) is 6.41. The van der Waals surface area contributed by atoms with Crippen molar-refractivity contribution in [1.29, 1.82) is 0 Å². The number of para-hydroxylation sites is 1. The second-order valence-corrected chi connectivity index (χ2v) is 5.53. The molecule has 0 saturated carbocycles. The largest absolute Gasteiger partial charge is 0.376 e. The first-order valence-electron chi connectivity index (χ1n) is 7.20. The lowest BCUT2D eigenvalue weighted by Gasteiger charge is -2.23. The highest BCUT2D eigenvalue weighted by Crippen LogP contribution is 2.20. The second kappa shape index (κ2) is 6.54. The van der Waals surface area contributed by atoms with E-state index in [2.05, 4.69) is 23.2 Å². The molecule has 3 nitrogen and oxygen atoms in total. The zero-order valence-electron chi connectivity index (χ0n) is 12.1.